The fourth-order valence-corrected chi connectivity index (χ4v) is 4.40. The highest BCUT2D eigenvalue weighted by Crippen LogP contribution is 2.26. The average molecular weight is 283 g/mol. The summed E-state index contributed by atoms with van der Waals surface area (Å²) >= 11 is 2.04. The molecule has 3 rings (SSSR count). The number of carbonyl (C=O) groups excluding carboxylic acids is 1. The Morgan fingerprint density at radius 2 is 1.79 bits per heavy atom. The van der Waals surface area contributed by atoms with Gasteiger partial charge in [-0.05, 0) is 30.3 Å². The van der Waals surface area contributed by atoms with Crippen molar-refractivity contribution in [3.63, 3.8) is 0 Å². The van der Waals surface area contributed by atoms with Crippen molar-refractivity contribution < 1.29 is 4.79 Å². The predicted molar refractivity (Wildman–Crippen MR) is 79.5 cm³/mol. The number of thioether (sulfide) groups is 1. The van der Waals surface area contributed by atoms with Crippen molar-refractivity contribution in [2.24, 2.45) is 5.92 Å². The van der Waals surface area contributed by atoms with E-state index >= 15 is 0 Å². The minimum atomic E-state index is 0.406. The molecule has 3 aliphatic heterocycles. The maximum Gasteiger partial charge on any atom is 0.222 e. The van der Waals surface area contributed by atoms with E-state index in [1.54, 1.807) is 0 Å². The van der Waals surface area contributed by atoms with Gasteiger partial charge in [0, 0.05) is 51.7 Å². The molecule has 3 aliphatic rings. The number of piperazine rings is 1. The van der Waals surface area contributed by atoms with Gasteiger partial charge in [0.1, 0.15) is 0 Å². The van der Waals surface area contributed by atoms with E-state index in [9.17, 15) is 4.79 Å². The lowest BCUT2D eigenvalue weighted by Crippen LogP contribution is -2.62. The van der Waals surface area contributed by atoms with Crippen molar-refractivity contribution in [1.29, 1.82) is 0 Å². The summed E-state index contributed by atoms with van der Waals surface area (Å²) < 4.78 is 0. The molecule has 1 N–H and O–H groups in total. The van der Waals surface area contributed by atoms with Gasteiger partial charge in [0.05, 0.1) is 0 Å². The van der Waals surface area contributed by atoms with Gasteiger partial charge in [-0.15, -0.1) is 0 Å². The summed E-state index contributed by atoms with van der Waals surface area (Å²) in [5.74, 6) is 3.56. The van der Waals surface area contributed by atoms with Gasteiger partial charge in [-0.25, -0.2) is 0 Å². The van der Waals surface area contributed by atoms with Crippen LogP contribution in [0.25, 0.3) is 0 Å². The second-order valence-electron chi connectivity index (χ2n) is 5.99. The molecule has 3 heterocycles. The molecule has 0 unspecified atom stereocenters. The first-order valence-corrected chi connectivity index (χ1v) is 8.78. The van der Waals surface area contributed by atoms with Crippen LogP contribution in [0.2, 0.25) is 0 Å². The monoisotopic (exact) mass is 283 g/mol. The van der Waals surface area contributed by atoms with E-state index in [0.29, 0.717) is 11.8 Å². The first kappa shape index (κ1) is 13.7. The predicted octanol–water partition coefficient (Wildman–Crippen LogP) is 0.636. The van der Waals surface area contributed by atoms with Crippen molar-refractivity contribution in [3.05, 3.63) is 0 Å². The number of carbonyl (C=O) groups is 1. The highest BCUT2D eigenvalue weighted by atomic mass is 32.2. The molecule has 1 amide bonds. The van der Waals surface area contributed by atoms with Crippen LogP contribution in [0.4, 0.5) is 0 Å². The summed E-state index contributed by atoms with van der Waals surface area (Å²) in [6.07, 6.45) is 3.28. The van der Waals surface area contributed by atoms with Gasteiger partial charge in [0.15, 0.2) is 0 Å². The Balaban J connectivity index is 1.41. The maximum absolute atomic E-state index is 12.3. The zero-order valence-corrected chi connectivity index (χ0v) is 12.5. The third kappa shape index (κ3) is 3.44. The Morgan fingerprint density at radius 1 is 1.11 bits per heavy atom. The molecule has 3 fully saturated rings. The topological polar surface area (TPSA) is 35.6 Å². The van der Waals surface area contributed by atoms with Gasteiger partial charge in [-0.3, -0.25) is 9.69 Å². The average Bonchev–Trinajstić information content (AvgIpc) is 2.39. The molecule has 0 bridgehead atoms. The molecule has 0 radical (unpaired) electrons. The highest BCUT2D eigenvalue weighted by molar-refractivity contribution is 7.99. The number of nitrogens with one attached hydrogen (secondary N) is 1. The van der Waals surface area contributed by atoms with Gasteiger partial charge in [0.2, 0.25) is 5.91 Å². The number of amides is 1. The molecular formula is C14H25N3OS. The van der Waals surface area contributed by atoms with Crippen molar-refractivity contribution in [2.45, 2.75) is 25.3 Å². The molecule has 4 nitrogen and oxygen atoms in total. The molecule has 0 aromatic rings. The van der Waals surface area contributed by atoms with E-state index in [2.05, 4.69) is 15.1 Å². The molecule has 0 spiro atoms. The second kappa shape index (κ2) is 6.46. The SMILES string of the molecule is O=C(CC1CCSCC1)N1CCN(C2CNC2)CC1. The van der Waals surface area contributed by atoms with Gasteiger partial charge < -0.3 is 10.2 Å². The summed E-state index contributed by atoms with van der Waals surface area (Å²) in [7, 11) is 0. The summed E-state index contributed by atoms with van der Waals surface area (Å²) in [5, 5.41) is 3.32. The van der Waals surface area contributed by atoms with Crippen LogP contribution in [0.1, 0.15) is 19.3 Å². The maximum atomic E-state index is 12.3. The quantitative estimate of drug-likeness (QED) is 0.824. The normalized spacial score (nSPS) is 27.3. The lowest BCUT2D eigenvalue weighted by Gasteiger charge is -2.43. The molecule has 108 valence electrons. The Labute approximate surface area is 120 Å². The fraction of sp³-hybridized carbons (Fsp3) is 0.929. The number of hydrogen-bond donors (Lipinski definition) is 1. The van der Waals surface area contributed by atoms with Crippen LogP contribution in [0.5, 0.6) is 0 Å². The first-order chi connectivity index (χ1) is 9.33. The van der Waals surface area contributed by atoms with Crippen LogP contribution in [0.3, 0.4) is 0 Å². The Hall–Kier alpha value is -0.260. The van der Waals surface area contributed by atoms with Gasteiger partial charge in [-0.1, -0.05) is 0 Å². The molecular weight excluding hydrogens is 258 g/mol. The molecule has 0 aromatic heterocycles. The Kier molecular flexibility index (Phi) is 4.66. The molecule has 0 atom stereocenters. The van der Waals surface area contributed by atoms with E-state index in [-0.39, 0.29) is 0 Å². The molecule has 0 saturated carbocycles. The van der Waals surface area contributed by atoms with Crippen molar-refractivity contribution in [1.82, 2.24) is 15.1 Å². The third-order valence-electron chi connectivity index (χ3n) is 4.75. The first-order valence-electron chi connectivity index (χ1n) is 7.63. The summed E-state index contributed by atoms with van der Waals surface area (Å²) in [4.78, 5) is 17.0. The van der Waals surface area contributed by atoms with Crippen LogP contribution >= 0.6 is 11.8 Å². The van der Waals surface area contributed by atoms with Crippen LogP contribution in [-0.2, 0) is 4.79 Å². The van der Waals surface area contributed by atoms with Gasteiger partial charge in [-0.2, -0.15) is 11.8 Å². The van der Waals surface area contributed by atoms with Crippen molar-refractivity contribution in [3.8, 4) is 0 Å². The van der Waals surface area contributed by atoms with Crippen LogP contribution < -0.4 is 5.32 Å². The summed E-state index contributed by atoms with van der Waals surface area (Å²) in [5.41, 5.74) is 0. The molecule has 0 aliphatic carbocycles. The fourth-order valence-electron chi connectivity index (χ4n) is 3.19. The summed E-state index contributed by atoms with van der Waals surface area (Å²) in [6.45, 7) is 6.28. The Morgan fingerprint density at radius 3 is 2.37 bits per heavy atom. The molecule has 5 heteroatoms. The summed E-state index contributed by atoms with van der Waals surface area (Å²) in [6, 6.07) is 0.729. The van der Waals surface area contributed by atoms with E-state index in [0.717, 1.165) is 51.7 Å². The number of rotatable bonds is 3. The van der Waals surface area contributed by atoms with Crippen LogP contribution in [-0.4, -0.2) is 72.5 Å². The smallest absolute Gasteiger partial charge is 0.222 e. The largest absolute Gasteiger partial charge is 0.340 e. The van der Waals surface area contributed by atoms with E-state index < -0.39 is 0 Å². The highest BCUT2D eigenvalue weighted by Gasteiger charge is 2.29. The van der Waals surface area contributed by atoms with Gasteiger partial charge >= 0.3 is 0 Å². The number of hydrogen-bond acceptors (Lipinski definition) is 4. The third-order valence-corrected chi connectivity index (χ3v) is 5.80. The zero-order chi connectivity index (χ0) is 13.1. The zero-order valence-electron chi connectivity index (χ0n) is 11.6. The lowest BCUT2D eigenvalue weighted by atomic mass is 9.98. The minimum absolute atomic E-state index is 0.406. The second-order valence-corrected chi connectivity index (χ2v) is 7.21. The van der Waals surface area contributed by atoms with Crippen molar-refractivity contribution >= 4 is 17.7 Å². The Bertz CT molecular complexity index is 308. The van der Waals surface area contributed by atoms with Gasteiger partial charge in [0.25, 0.3) is 0 Å². The van der Waals surface area contributed by atoms with Crippen molar-refractivity contribution in [2.75, 3.05) is 50.8 Å². The van der Waals surface area contributed by atoms with E-state index in [1.165, 1.54) is 24.3 Å². The van der Waals surface area contributed by atoms with E-state index in [4.69, 9.17) is 0 Å². The van der Waals surface area contributed by atoms with E-state index in [1.807, 2.05) is 11.8 Å². The lowest BCUT2D eigenvalue weighted by molar-refractivity contribution is -0.134. The molecule has 19 heavy (non-hydrogen) atoms. The van der Waals surface area contributed by atoms with Crippen LogP contribution in [0.15, 0.2) is 0 Å². The van der Waals surface area contributed by atoms with Crippen LogP contribution in [0, 0.1) is 5.92 Å². The molecule has 0 aromatic carbocycles. The minimum Gasteiger partial charge on any atom is -0.340 e. The molecule has 3 saturated heterocycles. The number of nitrogens with zero attached hydrogens (tertiary/aromatic N) is 2. The standard InChI is InChI=1S/C14H25N3OS/c18-14(9-12-1-7-19-8-2-12)17-5-3-16(4-6-17)13-10-15-11-13/h12-13,15H,1-11H2.